The number of rotatable bonds is 7. The Morgan fingerprint density at radius 3 is 2.67 bits per heavy atom. The number of carbonyl (C=O) groups excluding carboxylic acids is 1. The highest BCUT2D eigenvalue weighted by molar-refractivity contribution is 6.05. The smallest absolute Gasteiger partial charge is 0.331 e. The van der Waals surface area contributed by atoms with Crippen LogP contribution in [0.5, 0.6) is 0 Å². The maximum Gasteiger partial charge on any atom is 0.331 e. The van der Waals surface area contributed by atoms with E-state index in [4.69, 9.17) is 0 Å². The first-order chi connectivity index (χ1) is 12.7. The Morgan fingerprint density at radius 1 is 1.37 bits per heavy atom. The van der Waals surface area contributed by atoms with Gasteiger partial charge in [-0.05, 0) is 38.8 Å². The van der Waals surface area contributed by atoms with Crippen molar-refractivity contribution in [3.63, 3.8) is 0 Å². The molecule has 0 unspecified atom stereocenters. The summed E-state index contributed by atoms with van der Waals surface area (Å²) in [6.07, 6.45) is 4.65. The summed E-state index contributed by atoms with van der Waals surface area (Å²) in [5.41, 5.74) is -0.657. The van der Waals surface area contributed by atoms with E-state index in [0.717, 1.165) is 12.8 Å². The van der Waals surface area contributed by atoms with Gasteiger partial charge in [-0.15, -0.1) is 0 Å². The molecular weight excluding hydrogens is 354 g/mol. The Balaban J connectivity index is 1.78. The van der Waals surface area contributed by atoms with Gasteiger partial charge in [-0.25, -0.2) is 4.79 Å². The predicted molar refractivity (Wildman–Crippen MR) is 96.9 cm³/mol. The zero-order valence-electron chi connectivity index (χ0n) is 14.8. The lowest BCUT2D eigenvalue weighted by Gasteiger charge is -2.19. The van der Waals surface area contributed by atoms with E-state index >= 15 is 0 Å². The molecule has 0 aliphatic heterocycles. The average Bonchev–Trinajstić information content (AvgIpc) is 3.29. The van der Waals surface area contributed by atoms with E-state index in [1.54, 1.807) is 0 Å². The number of nitrogens with zero attached hydrogens (tertiary/aromatic N) is 3. The van der Waals surface area contributed by atoms with Crippen LogP contribution in [0.3, 0.4) is 0 Å². The predicted octanol–water partition coefficient (Wildman–Crippen LogP) is 2.44. The number of carboxylic acid groups (broad SMARTS) is 1. The van der Waals surface area contributed by atoms with Crippen molar-refractivity contribution in [2.45, 2.75) is 38.3 Å². The number of nitro benzene ring substituents is 1. The van der Waals surface area contributed by atoms with Crippen molar-refractivity contribution in [3.05, 3.63) is 46.3 Å². The van der Waals surface area contributed by atoms with Gasteiger partial charge in [0.05, 0.1) is 16.8 Å². The molecule has 1 aliphatic carbocycles. The standard InChI is InChI=1S/C17H19N5O5/c1-17(2,16(24)25)21-9-12(8-18-21)20-15(23)10-3-6-13(19-11-4-5-11)14(7-10)22(26)27/h3,6-9,11,19H,4-5H2,1-2H3,(H,20,23)(H,24,25). The van der Waals surface area contributed by atoms with Gasteiger partial charge >= 0.3 is 5.97 Å². The molecule has 0 bridgehead atoms. The first-order valence-corrected chi connectivity index (χ1v) is 8.33. The summed E-state index contributed by atoms with van der Waals surface area (Å²) >= 11 is 0. The van der Waals surface area contributed by atoms with E-state index in [2.05, 4.69) is 15.7 Å². The zero-order valence-corrected chi connectivity index (χ0v) is 14.8. The number of aromatic nitrogens is 2. The topological polar surface area (TPSA) is 139 Å². The Kier molecular flexibility index (Phi) is 4.56. The van der Waals surface area contributed by atoms with Crippen LogP contribution in [0.1, 0.15) is 37.0 Å². The van der Waals surface area contributed by atoms with E-state index in [-0.39, 0.29) is 23.0 Å². The summed E-state index contributed by atoms with van der Waals surface area (Å²) in [6.45, 7) is 2.95. The van der Waals surface area contributed by atoms with Gasteiger partial charge < -0.3 is 15.7 Å². The normalized spacial score (nSPS) is 13.9. The summed E-state index contributed by atoms with van der Waals surface area (Å²) in [7, 11) is 0. The third-order valence-electron chi connectivity index (χ3n) is 4.33. The van der Waals surface area contributed by atoms with Crippen molar-refractivity contribution >= 4 is 28.9 Å². The zero-order chi connectivity index (χ0) is 19.8. The Hall–Kier alpha value is -3.43. The molecule has 0 radical (unpaired) electrons. The molecule has 142 valence electrons. The number of carbonyl (C=O) groups is 2. The van der Waals surface area contributed by atoms with Gasteiger partial charge in [0, 0.05) is 23.9 Å². The van der Waals surface area contributed by atoms with Gasteiger partial charge in [0.25, 0.3) is 11.6 Å². The molecule has 10 heteroatoms. The number of carboxylic acids is 1. The van der Waals surface area contributed by atoms with Crippen LogP contribution in [0.25, 0.3) is 0 Å². The van der Waals surface area contributed by atoms with Crippen molar-refractivity contribution in [3.8, 4) is 0 Å². The number of amides is 1. The van der Waals surface area contributed by atoms with Crippen LogP contribution in [-0.4, -0.2) is 37.7 Å². The largest absolute Gasteiger partial charge is 0.479 e. The molecule has 10 nitrogen and oxygen atoms in total. The average molecular weight is 373 g/mol. The van der Waals surface area contributed by atoms with Gasteiger partial charge in [0.2, 0.25) is 0 Å². The quantitative estimate of drug-likeness (QED) is 0.500. The van der Waals surface area contributed by atoms with Gasteiger partial charge in [-0.3, -0.25) is 19.6 Å². The van der Waals surface area contributed by atoms with E-state index in [9.17, 15) is 24.8 Å². The third-order valence-corrected chi connectivity index (χ3v) is 4.33. The Morgan fingerprint density at radius 2 is 2.07 bits per heavy atom. The molecule has 1 aromatic carbocycles. The van der Waals surface area contributed by atoms with Gasteiger partial charge in [0.15, 0.2) is 5.54 Å². The number of aliphatic carboxylic acids is 1. The van der Waals surface area contributed by atoms with E-state index in [1.165, 1.54) is 49.1 Å². The van der Waals surface area contributed by atoms with E-state index in [1.807, 2.05) is 0 Å². The summed E-state index contributed by atoms with van der Waals surface area (Å²) in [6, 6.07) is 4.47. The molecule has 1 fully saturated rings. The van der Waals surface area contributed by atoms with Crippen LogP contribution >= 0.6 is 0 Å². The highest BCUT2D eigenvalue weighted by atomic mass is 16.6. The molecule has 0 atom stereocenters. The summed E-state index contributed by atoms with van der Waals surface area (Å²) < 4.78 is 1.22. The summed E-state index contributed by atoms with van der Waals surface area (Å²) in [4.78, 5) is 34.5. The fourth-order valence-corrected chi connectivity index (χ4v) is 2.39. The molecule has 0 spiro atoms. The lowest BCUT2D eigenvalue weighted by atomic mass is 10.1. The fraction of sp³-hybridized carbons (Fsp3) is 0.353. The molecule has 1 saturated carbocycles. The van der Waals surface area contributed by atoms with Gasteiger partial charge in [-0.2, -0.15) is 5.10 Å². The monoisotopic (exact) mass is 373 g/mol. The third kappa shape index (κ3) is 3.89. The Bertz CT molecular complexity index is 916. The number of hydrogen-bond donors (Lipinski definition) is 3. The van der Waals surface area contributed by atoms with Gasteiger partial charge in [0.1, 0.15) is 5.69 Å². The number of hydrogen-bond acceptors (Lipinski definition) is 6. The van der Waals surface area contributed by atoms with Crippen LogP contribution in [0.2, 0.25) is 0 Å². The molecule has 0 saturated heterocycles. The molecular formula is C17H19N5O5. The van der Waals surface area contributed by atoms with E-state index in [0.29, 0.717) is 5.69 Å². The molecule has 3 N–H and O–H groups in total. The SMILES string of the molecule is CC(C)(C(=O)O)n1cc(NC(=O)c2ccc(NC3CC3)c([N+](=O)[O-])c2)cn1. The first kappa shape index (κ1) is 18.4. The lowest BCUT2D eigenvalue weighted by molar-refractivity contribution is -0.384. The van der Waals surface area contributed by atoms with Gasteiger partial charge in [-0.1, -0.05) is 0 Å². The molecule has 1 aromatic heterocycles. The maximum absolute atomic E-state index is 12.4. The molecule has 3 rings (SSSR count). The lowest BCUT2D eigenvalue weighted by Crippen LogP contribution is -2.35. The molecule has 1 heterocycles. The minimum absolute atomic E-state index is 0.119. The van der Waals surface area contributed by atoms with E-state index < -0.39 is 22.3 Å². The van der Waals surface area contributed by atoms with Crippen molar-refractivity contribution in [1.82, 2.24) is 9.78 Å². The van der Waals surface area contributed by atoms with Crippen molar-refractivity contribution in [2.24, 2.45) is 0 Å². The van der Waals surface area contributed by atoms with Crippen molar-refractivity contribution in [1.29, 1.82) is 0 Å². The summed E-state index contributed by atoms with van der Waals surface area (Å²) in [5, 5.41) is 30.1. The summed E-state index contributed by atoms with van der Waals surface area (Å²) in [5.74, 6) is -1.62. The second kappa shape index (κ2) is 6.71. The second-order valence-corrected chi connectivity index (χ2v) is 6.90. The van der Waals surface area contributed by atoms with Crippen molar-refractivity contribution < 1.29 is 19.6 Å². The van der Waals surface area contributed by atoms with Crippen LogP contribution < -0.4 is 10.6 Å². The molecule has 1 amide bonds. The maximum atomic E-state index is 12.4. The number of anilines is 2. The second-order valence-electron chi connectivity index (χ2n) is 6.90. The first-order valence-electron chi connectivity index (χ1n) is 8.33. The number of benzene rings is 1. The fourth-order valence-electron chi connectivity index (χ4n) is 2.39. The molecule has 1 aliphatic rings. The van der Waals surface area contributed by atoms with Crippen LogP contribution in [0.15, 0.2) is 30.6 Å². The minimum atomic E-state index is -1.28. The van der Waals surface area contributed by atoms with Crippen molar-refractivity contribution in [2.75, 3.05) is 10.6 Å². The van der Waals surface area contributed by atoms with Crippen LogP contribution in [-0.2, 0) is 10.3 Å². The Labute approximate surface area is 154 Å². The molecule has 27 heavy (non-hydrogen) atoms. The molecule has 2 aromatic rings. The highest BCUT2D eigenvalue weighted by Gasteiger charge is 2.30. The van der Waals surface area contributed by atoms with Crippen LogP contribution in [0, 0.1) is 10.1 Å². The number of nitro groups is 1. The highest BCUT2D eigenvalue weighted by Crippen LogP contribution is 2.31. The van der Waals surface area contributed by atoms with Crippen LogP contribution in [0.4, 0.5) is 17.1 Å². The minimum Gasteiger partial charge on any atom is -0.479 e. The number of nitrogens with one attached hydrogen (secondary N) is 2.